The monoisotopic (exact) mass is 746 g/mol. The largest absolute Gasteiger partial charge is 0.464 e. The van der Waals surface area contributed by atoms with Crippen molar-refractivity contribution in [1.82, 2.24) is 15.6 Å². The van der Waals surface area contributed by atoms with E-state index in [9.17, 15) is 19.2 Å². The fourth-order valence-electron chi connectivity index (χ4n) is 6.03. The molecular weight excluding hydrogens is 712 g/mol. The average molecular weight is 748 g/mol. The molecular formula is C36H35BrN4O9. The molecule has 0 fully saturated rings. The number of methoxy groups -OCH3 is 2. The highest BCUT2D eigenvalue weighted by atomic mass is 79.9. The Balaban J connectivity index is 1.48. The van der Waals surface area contributed by atoms with E-state index in [-0.39, 0.29) is 48.8 Å². The van der Waals surface area contributed by atoms with Gasteiger partial charge in [-0.05, 0) is 51.2 Å². The van der Waals surface area contributed by atoms with E-state index in [0.29, 0.717) is 21.3 Å². The zero-order chi connectivity index (χ0) is 35.6. The molecule has 14 heteroatoms. The van der Waals surface area contributed by atoms with Crippen LogP contribution in [-0.2, 0) is 42.4 Å². The third-order valence-electron chi connectivity index (χ3n) is 8.47. The summed E-state index contributed by atoms with van der Waals surface area (Å²) in [4.78, 5) is 60.9. The van der Waals surface area contributed by atoms with Crippen LogP contribution in [0.25, 0.3) is 0 Å². The molecule has 3 aromatic carbocycles. The van der Waals surface area contributed by atoms with Crippen molar-refractivity contribution in [3.8, 4) is 5.75 Å². The number of fused-ring (bicyclic) bond motifs is 7. The minimum absolute atomic E-state index is 0.0129. The number of hydrogen-bond donors (Lipinski definition) is 2. The summed E-state index contributed by atoms with van der Waals surface area (Å²) in [5.41, 5.74) is -0.0916. The van der Waals surface area contributed by atoms with Crippen LogP contribution in [0.4, 0.5) is 10.5 Å². The number of alkyl carbamates (subject to hydrolysis) is 1. The van der Waals surface area contributed by atoms with Gasteiger partial charge in [0.15, 0.2) is 11.5 Å². The van der Waals surface area contributed by atoms with Gasteiger partial charge in [0.2, 0.25) is 11.8 Å². The Bertz CT molecular complexity index is 1910. The highest BCUT2D eigenvalue weighted by molar-refractivity contribution is 9.10. The molecule has 1 spiro atoms. The second-order valence-corrected chi connectivity index (χ2v) is 13.0. The first-order valence-corrected chi connectivity index (χ1v) is 16.6. The number of oxazole rings is 1. The number of amides is 3. The van der Waals surface area contributed by atoms with Crippen LogP contribution in [0.15, 0.2) is 81.7 Å². The van der Waals surface area contributed by atoms with Crippen LogP contribution >= 0.6 is 15.9 Å². The molecule has 0 radical (unpaired) electrons. The number of ether oxygens (including phenoxy) is 4. The molecule has 0 unspecified atom stereocenters. The van der Waals surface area contributed by atoms with Crippen LogP contribution in [0.5, 0.6) is 5.75 Å². The van der Waals surface area contributed by atoms with Crippen molar-refractivity contribution in [3.63, 3.8) is 0 Å². The zero-order valence-electron chi connectivity index (χ0n) is 27.7. The summed E-state index contributed by atoms with van der Waals surface area (Å²) in [5, 5.41) is 5.62. The van der Waals surface area contributed by atoms with Gasteiger partial charge < -0.3 is 34.0 Å². The predicted octanol–water partition coefficient (Wildman–Crippen LogP) is 5.16. The standard InChI is InChI=1S/C36H35BrN4O9/c1-20(2)27-32-40-28(33(43)47-4)30(49-32)36(24-11-8-12-25(37)29(24)41(19-46-3)34(36)44)50-23-15-13-21(14-16-23)17-26(31(42)39-27)38-35(45)48-18-22-9-6-5-7-10-22/h5-16,20,26-27H,17-19H2,1-4H3,(H,38,45)(H,39,42)/t26-,27-,36-/m0/s1. The fraction of sp³-hybridized carbons (Fsp3) is 0.306. The molecule has 3 amide bonds. The Kier molecular flexibility index (Phi) is 9.93. The Hall–Kier alpha value is -5.21. The van der Waals surface area contributed by atoms with E-state index in [4.69, 9.17) is 23.4 Å². The van der Waals surface area contributed by atoms with Crippen LogP contribution in [0.2, 0.25) is 0 Å². The zero-order valence-corrected chi connectivity index (χ0v) is 29.3. The molecule has 50 heavy (non-hydrogen) atoms. The van der Waals surface area contributed by atoms with Gasteiger partial charge in [0.1, 0.15) is 31.2 Å². The van der Waals surface area contributed by atoms with E-state index in [2.05, 4.69) is 31.5 Å². The van der Waals surface area contributed by atoms with Gasteiger partial charge in [0.05, 0.1) is 12.8 Å². The number of carbonyl (C=O) groups is 4. The predicted molar refractivity (Wildman–Crippen MR) is 182 cm³/mol. The third-order valence-corrected chi connectivity index (χ3v) is 9.11. The van der Waals surface area contributed by atoms with Crippen molar-refractivity contribution in [3.05, 3.63) is 111 Å². The number of benzene rings is 3. The normalized spacial score (nSPS) is 19.8. The van der Waals surface area contributed by atoms with Gasteiger partial charge in [0, 0.05) is 23.6 Å². The molecule has 0 saturated heterocycles. The molecule has 0 saturated carbocycles. The molecule has 1 aromatic heterocycles. The number of esters is 1. The summed E-state index contributed by atoms with van der Waals surface area (Å²) in [6.45, 7) is 3.52. The van der Waals surface area contributed by atoms with Crippen LogP contribution in [0.3, 0.4) is 0 Å². The first kappa shape index (κ1) is 34.6. The minimum atomic E-state index is -2.06. The molecule has 7 rings (SSSR count). The van der Waals surface area contributed by atoms with Gasteiger partial charge >= 0.3 is 12.1 Å². The minimum Gasteiger partial charge on any atom is -0.464 e. The molecule has 0 aliphatic carbocycles. The SMILES string of the molecule is COCN1C(=O)[C@]2(Oc3ccc(cc3)C[C@H](NC(=O)OCc3ccccc3)C(=O)N[C@@H](C(C)C)c3nc(C(=O)OC)c2o3)c2cccc(Br)c21. The lowest BCUT2D eigenvalue weighted by Crippen LogP contribution is -2.49. The van der Waals surface area contributed by atoms with Crippen molar-refractivity contribution in [2.45, 2.75) is 44.6 Å². The number of aromatic nitrogens is 1. The lowest BCUT2D eigenvalue weighted by atomic mass is 9.90. The Morgan fingerprint density at radius 3 is 2.48 bits per heavy atom. The second-order valence-electron chi connectivity index (χ2n) is 12.1. The first-order valence-electron chi connectivity index (χ1n) is 15.8. The molecule has 3 atom stereocenters. The number of rotatable bonds is 7. The molecule has 2 N–H and O–H groups in total. The lowest BCUT2D eigenvalue weighted by molar-refractivity contribution is -0.132. The van der Waals surface area contributed by atoms with Crippen LogP contribution < -0.4 is 20.3 Å². The van der Waals surface area contributed by atoms with Crippen molar-refractivity contribution in [2.75, 3.05) is 25.9 Å². The smallest absolute Gasteiger partial charge is 0.408 e. The summed E-state index contributed by atoms with van der Waals surface area (Å²) in [6.07, 6.45) is -0.696. The quantitative estimate of drug-likeness (QED) is 0.242. The van der Waals surface area contributed by atoms with Crippen molar-refractivity contribution < 1.29 is 42.5 Å². The molecule has 3 aliphatic heterocycles. The third kappa shape index (κ3) is 6.43. The summed E-state index contributed by atoms with van der Waals surface area (Å²) < 4.78 is 29.6. The van der Waals surface area contributed by atoms with Crippen molar-refractivity contribution in [1.29, 1.82) is 0 Å². The molecule has 13 nitrogen and oxygen atoms in total. The molecule has 4 heterocycles. The Morgan fingerprint density at radius 2 is 1.80 bits per heavy atom. The summed E-state index contributed by atoms with van der Waals surface area (Å²) >= 11 is 3.56. The molecule has 4 bridgehead atoms. The van der Waals surface area contributed by atoms with Crippen molar-refractivity contribution >= 4 is 45.5 Å². The van der Waals surface area contributed by atoms with Crippen molar-refractivity contribution in [2.24, 2.45) is 5.92 Å². The van der Waals surface area contributed by atoms with E-state index >= 15 is 0 Å². The van der Waals surface area contributed by atoms with E-state index in [1.807, 2.05) is 44.2 Å². The molecule has 3 aliphatic rings. The maximum Gasteiger partial charge on any atom is 0.408 e. The molecule has 260 valence electrons. The number of carbonyl (C=O) groups excluding carboxylic acids is 4. The lowest BCUT2D eigenvalue weighted by Gasteiger charge is -2.29. The second kappa shape index (κ2) is 14.3. The average Bonchev–Trinajstić information content (AvgIpc) is 3.65. The first-order chi connectivity index (χ1) is 24.1. The maximum absolute atomic E-state index is 14.7. The number of halogens is 1. The van der Waals surface area contributed by atoms with E-state index in [1.165, 1.54) is 19.1 Å². The van der Waals surface area contributed by atoms with Gasteiger partial charge in [0.25, 0.3) is 11.5 Å². The number of anilines is 1. The highest BCUT2D eigenvalue weighted by Gasteiger charge is 2.60. The number of hydrogen-bond acceptors (Lipinski definition) is 10. The Labute approximate surface area is 296 Å². The fourth-order valence-corrected chi connectivity index (χ4v) is 6.61. The molecule has 4 aromatic rings. The van der Waals surface area contributed by atoms with Crippen LogP contribution in [0, 0.1) is 5.92 Å². The summed E-state index contributed by atoms with van der Waals surface area (Å²) in [6, 6.07) is 19.1. The van der Waals surface area contributed by atoms with E-state index in [0.717, 1.165) is 5.56 Å². The van der Waals surface area contributed by atoms with Crippen LogP contribution in [-0.4, -0.2) is 55.9 Å². The van der Waals surface area contributed by atoms with Gasteiger partial charge in [-0.25, -0.2) is 14.6 Å². The summed E-state index contributed by atoms with van der Waals surface area (Å²) in [5.74, 6) is -2.44. The van der Waals surface area contributed by atoms with Gasteiger partial charge in [-0.15, -0.1) is 0 Å². The topological polar surface area (TPSA) is 159 Å². The van der Waals surface area contributed by atoms with E-state index < -0.39 is 41.6 Å². The van der Waals surface area contributed by atoms with Gasteiger partial charge in [-0.1, -0.05) is 68.4 Å². The van der Waals surface area contributed by atoms with Gasteiger partial charge in [-0.2, -0.15) is 0 Å². The van der Waals surface area contributed by atoms with Crippen LogP contribution in [0.1, 0.15) is 58.7 Å². The highest BCUT2D eigenvalue weighted by Crippen LogP contribution is 2.51. The van der Waals surface area contributed by atoms with E-state index in [1.54, 1.807) is 42.5 Å². The number of para-hydroxylation sites is 1. The number of nitrogens with zero attached hydrogens (tertiary/aromatic N) is 2. The number of nitrogens with one attached hydrogen (secondary N) is 2. The maximum atomic E-state index is 14.7. The van der Waals surface area contributed by atoms with Gasteiger partial charge in [-0.3, -0.25) is 14.5 Å². The summed E-state index contributed by atoms with van der Waals surface area (Å²) in [7, 11) is 2.64. The Morgan fingerprint density at radius 1 is 1.06 bits per heavy atom.